The van der Waals surface area contributed by atoms with Crippen LogP contribution < -0.4 is 0 Å². The van der Waals surface area contributed by atoms with E-state index in [9.17, 15) is 18.4 Å². The Labute approximate surface area is 195 Å². The molecule has 2 aromatic carbocycles. The predicted molar refractivity (Wildman–Crippen MR) is 123 cm³/mol. The summed E-state index contributed by atoms with van der Waals surface area (Å²) in [6.45, 7) is 3.92. The highest BCUT2D eigenvalue weighted by Crippen LogP contribution is 2.24. The maximum Gasteiger partial charge on any atom is 0.341 e. The average Bonchev–Trinajstić information content (AvgIpc) is 2.75. The molecule has 0 amide bonds. The molecule has 0 aliphatic heterocycles. The third kappa shape index (κ3) is 7.34. The molecule has 0 fully saturated rings. The number of ether oxygens (including phenoxy) is 1. The number of benzene rings is 2. The van der Waals surface area contributed by atoms with E-state index in [1.165, 1.54) is 17.1 Å². The smallest absolute Gasteiger partial charge is 0.341 e. The van der Waals surface area contributed by atoms with Crippen molar-refractivity contribution in [2.75, 3.05) is 26.1 Å². The Morgan fingerprint density at radius 1 is 1.19 bits per heavy atom. The van der Waals surface area contributed by atoms with E-state index >= 15 is 0 Å². The molecule has 32 heavy (non-hydrogen) atoms. The molecular formula is C21H24BrN3O6S. The SMILES string of the molecule is CCN(CC)/[N+]([O-])=N\OCOC(=O)/C(=C/c1ccc(S(C)(=O)=O)cc1)c1cccc(Br)c1. The highest BCUT2D eigenvalue weighted by molar-refractivity contribution is 9.10. The molecule has 0 saturated heterocycles. The number of hydrogen-bond donors (Lipinski definition) is 0. The van der Waals surface area contributed by atoms with E-state index in [-0.39, 0.29) is 10.5 Å². The molecule has 9 nitrogen and oxygen atoms in total. The van der Waals surface area contributed by atoms with Gasteiger partial charge in [0.15, 0.2) is 9.84 Å². The molecule has 0 heterocycles. The van der Waals surface area contributed by atoms with Gasteiger partial charge in [-0.05, 0) is 55.3 Å². The molecule has 0 N–H and O–H groups in total. The zero-order valence-corrected chi connectivity index (χ0v) is 20.3. The van der Waals surface area contributed by atoms with Crippen LogP contribution in [0.5, 0.6) is 0 Å². The molecule has 2 rings (SSSR count). The number of hydrazine groups is 1. The summed E-state index contributed by atoms with van der Waals surface area (Å²) in [6.07, 6.45) is 2.69. The maximum atomic E-state index is 12.8. The highest BCUT2D eigenvalue weighted by Gasteiger charge is 2.16. The zero-order chi connectivity index (χ0) is 23.7. The Morgan fingerprint density at radius 3 is 2.41 bits per heavy atom. The second-order valence-corrected chi connectivity index (χ2v) is 9.49. The Bertz CT molecular complexity index is 1100. The van der Waals surface area contributed by atoms with E-state index < -0.39 is 22.6 Å². The topological polar surface area (TPSA) is 111 Å². The highest BCUT2D eigenvalue weighted by atomic mass is 79.9. The van der Waals surface area contributed by atoms with E-state index in [1.54, 1.807) is 50.3 Å². The third-order valence-electron chi connectivity index (χ3n) is 4.32. The Morgan fingerprint density at radius 2 is 1.84 bits per heavy atom. The summed E-state index contributed by atoms with van der Waals surface area (Å²) in [4.78, 5) is 18.0. The minimum atomic E-state index is -3.33. The number of esters is 1. The lowest BCUT2D eigenvalue weighted by Crippen LogP contribution is -2.30. The van der Waals surface area contributed by atoms with Gasteiger partial charge in [-0.2, -0.15) is 0 Å². The fraction of sp³-hybridized carbons (Fsp3) is 0.286. The van der Waals surface area contributed by atoms with Crippen LogP contribution in [0.1, 0.15) is 25.0 Å². The van der Waals surface area contributed by atoms with Gasteiger partial charge in [0, 0.05) is 10.7 Å². The van der Waals surface area contributed by atoms with Gasteiger partial charge in [-0.15, -0.1) is 5.01 Å². The van der Waals surface area contributed by atoms with Crippen LogP contribution in [0.15, 0.2) is 63.2 Å². The summed E-state index contributed by atoms with van der Waals surface area (Å²) in [6, 6.07) is 13.1. The lowest BCUT2D eigenvalue weighted by molar-refractivity contribution is -0.710. The first-order chi connectivity index (χ1) is 15.2. The van der Waals surface area contributed by atoms with Gasteiger partial charge in [0.05, 0.1) is 28.5 Å². The average molecular weight is 526 g/mol. The number of halogens is 1. The van der Waals surface area contributed by atoms with Crippen LogP contribution in [0.3, 0.4) is 0 Å². The first kappa shape index (κ1) is 25.3. The fourth-order valence-corrected chi connectivity index (χ4v) is 3.67. The van der Waals surface area contributed by atoms with Crippen LogP contribution in [-0.2, 0) is 24.2 Å². The summed E-state index contributed by atoms with van der Waals surface area (Å²) < 4.78 is 29.2. The molecule has 0 bridgehead atoms. The maximum absolute atomic E-state index is 12.8. The van der Waals surface area contributed by atoms with E-state index in [4.69, 9.17) is 9.57 Å². The summed E-state index contributed by atoms with van der Waals surface area (Å²) in [5.41, 5.74) is 1.38. The molecule has 172 valence electrons. The summed E-state index contributed by atoms with van der Waals surface area (Å²) in [5, 5.41) is 16.4. The second-order valence-electron chi connectivity index (χ2n) is 6.56. The van der Waals surface area contributed by atoms with Crippen molar-refractivity contribution >= 4 is 43.4 Å². The van der Waals surface area contributed by atoms with E-state index in [1.807, 2.05) is 6.07 Å². The number of nitrogens with zero attached hydrogens (tertiary/aromatic N) is 3. The van der Waals surface area contributed by atoms with Crippen molar-refractivity contribution in [1.29, 1.82) is 0 Å². The van der Waals surface area contributed by atoms with Crippen LogP contribution >= 0.6 is 15.9 Å². The Balaban J connectivity index is 2.23. The Kier molecular flexibility index (Phi) is 9.21. The Hall–Kier alpha value is -2.92. The zero-order valence-electron chi connectivity index (χ0n) is 17.9. The van der Waals surface area contributed by atoms with Gasteiger partial charge >= 0.3 is 5.97 Å². The molecule has 0 unspecified atom stereocenters. The van der Waals surface area contributed by atoms with Crippen molar-refractivity contribution in [3.63, 3.8) is 0 Å². The molecule has 0 atom stereocenters. The number of carbonyl (C=O) groups excluding carboxylic acids is 1. The predicted octanol–water partition coefficient (Wildman–Crippen LogP) is 4.04. The van der Waals surface area contributed by atoms with Gasteiger partial charge in [-0.25, -0.2) is 13.2 Å². The van der Waals surface area contributed by atoms with Crippen molar-refractivity contribution in [3.05, 3.63) is 69.3 Å². The van der Waals surface area contributed by atoms with Crippen molar-refractivity contribution in [3.8, 4) is 0 Å². The van der Waals surface area contributed by atoms with Gasteiger partial charge < -0.3 is 14.8 Å². The largest absolute Gasteiger partial charge is 0.569 e. The molecule has 0 aliphatic carbocycles. The summed E-state index contributed by atoms with van der Waals surface area (Å²) in [5.74, 6) is -0.703. The fourth-order valence-electron chi connectivity index (χ4n) is 2.64. The number of carbonyl (C=O) groups is 1. The van der Waals surface area contributed by atoms with Crippen LogP contribution in [-0.4, -0.2) is 50.5 Å². The van der Waals surface area contributed by atoms with Crippen molar-refractivity contribution in [2.45, 2.75) is 18.7 Å². The minimum Gasteiger partial charge on any atom is -0.569 e. The van der Waals surface area contributed by atoms with Crippen LogP contribution in [0.2, 0.25) is 0 Å². The van der Waals surface area contributed by atoms with E-state index in [0.717, 1.165) is 10.7 Å². The summed E-state index contributed by atoms with van der Waals surface area (Å²) in [7, 11) is -3.33. The van der Waals surface area contributed by atoms with Crippen molar-refractivity contribution in [2.24, 2.45) is 5.28 Å². The molecule has 0 aromatic heterocycles. The summed E-state index contributed by atoms with van der Waals surface area (Å²) >= 11 is 3.37. The number of sulfone groups is 1. The molecule has 0 aliphatic rings. The van der Waals surface area contributed by atoms with Crippen LogP contribution in [0.25, 0.3) is 11.6 Å². The van der Waals surface area contributed by atoms with Crippen LogP contribution in [0, 0.1) is 5.21 Å². The standard InChI is InChI=1S/C21H24BrN3O6S/c1-4-24(5-2)25(27)23-31-15-30-21(26)20(17-7-6-8-18(22)14-17)13-16-9-11-19(12-10-16)32(3,28)29/h6-14H,4-5,15H2,1-3H3/b20-13+,25-23+. The number of rotatable bonds is 10. The minimum absolute atomic E-state index is 0.173. The normalized spacial score (nSPS) is 12.4. The molecule has 0 saturated carbocycles. The molecule has 11 heteroatoms. The molecule has 2 aromatic rings. The van der Waals surface area contributed by atoms with Gasteiger partial charge in [0.2, 0.25) is 5.28 Å². The first-order valence-electron chi connectivity index (χ1n) is 9.65. The quantitative estimate of drug-likeness (QED) is 0.0672. The van der Waals surface area contributed by atoms with Gasteiger partial charge in [0.25, 0.3) is 6.79 Å². The lowest BCUT2D eigenvalue weighted by atomic mass is 10.0. The van der Waals surface area contributed by atoms with Gasteiger partial charge in [0.1, 0.15) is 0 Å². The van der Waals surface area contributed by atoms with Gasteiger partial charge in [-0.3, -0.25) is 0 Å². The van der Waals surface area contributed by atoms with Gasteiger partial charge in [-0.1, -0.05) is 40.2 Å². The van der Waals surface area contributed by atoms with Crippen molar-refractivity contribution in [1.82, 2.24) is 5.01 Å². The monoisotopic (exact) mass is 525 g/mol. The van der Waals surface area contributed by atoms with Crippen LogP contribution in [0.4, 0.5) is 0 Å². The second kappa shape index (κ2) is 11.6. The third-order valence-corrected chi connectivity index (χ3v) is 5.94. The number of hydrogen-bond acceptors (Lipinski definition) is 7. The lowest BCUT2D eigenvalue weighted by Gasteiger charge is -2.13. The molecule has 0 radical (unpaired) electrons. The molecular weight excluding hydrogens is 502 g/mol. The molecule has 0 spiro atoms. The van der Waals surface area contributed by atoms with E-state index in [2.05, 4.69) is 21.2 Å². The first-order valence-corrected chi connectivity index (χ1v) is 12.3. The van der Waals surface area contributed by atoms with E-state index in [0.29, 0.717) is 29.2 Å². The van der Waals surface area contributed by atoms with Crippen molar-refractivity contribution < 1.29 is 27.8 Å².